The summed E-state index contributed by atoms with van der Waals surface area (Å²) in [6, 6.07) is 12.1. The number of nitrogens with one attached hydrogen (secondary N) is 1. The van der Waals surface area contributed by atoms with Crippen molar-refractivity contribution in [3.8, 4) is 11.5 Å². The molecule has 2 rings (SSSR count). The first kappa shape index (κ1) is 14.0. The second kappa shape index (κ2) is 5.73. The third-order valence-electron chi connectivity index (χ3n) is 2.52. The molecule has 0 heterocycles. The molecule has 2 aromatic rings. The van der Waals surface area contributed by atoms with Gasteiger partial charge in [0.15, 0.2) is 0 Å². The normalized spacial score (nSPS) is 11.2. The fourth-order valence-corrected chi connectivity index (χ4v) is 1.59. The van der Waals surface area contributed by atoms with Crippen LogP contribution in [0.3, 0.4) is 0 Å². The van der Waals surface area contributed by atoms with Gasteiger partial charge in [-0.1, -0.05) is 12.1 Å². The molecule has 0 aliphatic heterocycles. The van der Waals surface area contributed by atoms with Crippen LogP contribution in [-0.4, -0.2) is 11.5 Å². The zero-order valence-corrected chi connectivity index (χ0v) is 10.3. The largest absolute Gasteiger partial charge is 0.573 e. The summed E-state index contributed by atoms with van der Waals surface area (Å²) >= 11 is 0. The minimum absolute atomic E-state index is 0.171. The van der Waals surface area contributed by atoms with E-state index < -0.39 is 6.36 Å². The number of hydrogen-bond acceptors (Lipinski definition) is 3. The van der Waals surface area contributed by atoms with Crippen molar-refractivity contribution in [2.24, 2.45) is 0 Å². The van der Waals surface area contributed by atoms with Crippen molar-refractivity contribution in [1.29, 1.82) is 0 Å². The van der Waals surface area contributed by atoms with E-state index in [4.69, 9.17) is 5.11 Å². The summed E-state index contributed by atoms with van der Waals surface area (Å²) in [4.78, 5) is 0. The highest BCUT2D eigenvalue weighted by molar-refractivity contribution is 5.46. The lowest BCUT2D eigenvalue weighted by Crippen LogP contribution is -2.17. The highest BCUT2D eigenvalue weighted by Crippen LogP contribution is 2.23. The Bertz CT molecular complexity index is 550. The molecule has 0 aliphatic rings. The number of anilines is 1. The molecule has 0 atom stereocenters. The van der Waals surface area contributed by atoms with Crippen molar-refractivity contribution < 1.29 is 23.0 Å². The third-order valence-corrected chi connectivity index (χ3v) is 2.52. The molecule has 2 N–H and O–H groups in total. The van der Waals surface area contributed by atoms with Crippen LogP contribution >= 0.6 is 0 Å². The monoisotopic (exact) mass is 283 g/mol. The smallest absolute Gasteiger partial charge is 0.508 e. The Morgan fingerprint density at radius 2 is 1.55 bits per heavy atom. The molecule has 0 spiro atoms. The van der Waals surface area contributed by atoms with Gasteiger partial charge in [-0.3, -0.25) is 0 Å². The molecule has 2 aromatic carbocycles. The van der Waals surface area contributed by atoms with E-state index in [0.717, 1.165) is 11.3 Å². The summed E-state index contributed by atoms with van der Waals surface area (Å²) in [6.07, 6.45) is -4.67. The van der Waals surface area contributed by atoms with E-state index in [2.05, 4.69) is 10.1 Å². The maximum atomic E-state index is 12.0. The number of hydrogen-bond donors (Lipinski definition) is 2. The Morgan fingerprint density at radius 3 is 2.10 bits per heavy atom. The van der Waals surface area contributed by atoms with Gasteiger partial charge in [-0.15, -0.1) is 13.2 Å². The van der Waals surface area contributed by atoms with E-state index in [-0.39, 0.29) is 11.5 Å². The zero-order chi connectivity index (χ0) is 14.6. The Morgan fingerprint density at radius 1 is 0.950 bits per heavy atom. The van der Waals surface area contributed by atoms with Crippen LogP contribution in [-0.2, 0) is 6.54 Å². The van der Waals surface area contributed by atoms with E-state index in [1.165, 1.54) is 12.1 Å². The first-order valence-corrected chi connectivity index (χ1v) is 5.80. The van der Waals surface area contributed by atoms with Gasteiger partial charge in [0.1, 0.15) is 11.5 Å². The second-order valence-electron chi connectivity index (χ2n) is 4.09. The lowest BCUT2D eigenvalue weighted by Gasteiger charge is -2.10. The predicted molar refractivity (Wildman–Crippen MR) is 68.6 cm³/mol. The van der Waals surface area contributed by atoms with E-state index in [1.807, 2.05) is 0 Å². The quantitative estimate of drug-likeness (QED) is 0.836. The molecule has 0 aromatic heterocycles. The van der Waals surface area contributed by atoms with Crippen molar-refractivity contribution in [2.75, 3.05) is 5.32 Å². The van der Waals surface area contributed by atoms with Crippen molar-refractivity contribution in [3.05, 3.63) is 54.1 Å². The minimum atomic E-state index is -4.67. The summed E-state index contributed by atoms with van der Waals surface area (Å²) in [5, 5.41) is 12.2. The maximum absolute atomic E-state index is 12.0. The van der Waals surface area contributed by atoms with Crippen molar-refractivity contribution in [2.45, 2.75) is 12.9 Å². The average Bonchev–Trinajstić information content (AvgIpc) is 2.38. The van der Waals surface area contributed by atoms with Crippen molar-refractivity contribution in [1.82, 2.24) is 0 Å². The number of benzene rings is 2. The van der Waals surface area contributed by atoms with Gasteiger partial charge in [0.25, 0.3) is 0 Å². The Balaban J connectivity index is 1.92. The minimum Gasteiger partial charge on any atom is -0.508 e. The van der Waals surface area contributed by atoms with Gasteiger partial charge >= 0.3 is 6.36 Å². The van der Waals surface area contributed by atoms with Gasteiger partial charge in [-0.25, -0.2) is 0 Å². The zero-order valence-electron chi connectivity index (χ0n) is 10.3. The molecule has 0 amide bonds. The molecule has 20 heavy (non-hydrogen) atoms. The number of phenols is 1. The summed E-state index contributed by atoms with van der Waals surface area (Å²) in [5.74, 6) is -0.0740. The van der Waals surface area contributed by atoms with Gasteiger partial charge in [-0.05, 0) is 42.0 Å². The molecular weight excluding hydrogens is 271 g/mol. The number of halogens is 3. The predicted octanol–water partition coefficient (Wildman–Crippen LogP) is 3.90. The molecule has 0 fully saturated rings. The van der Waals surface area contributed by atoms with Crippen LogP contribution in [0.4, 0.5) is 18.9 Å². The fourth-order valence-electron chi connectivity index (χ4n) is 1.59. The molecule has 0 saturated heterocycles. The lowest BCUT2D eigenvalue weighted by atomic mass is 10.2. The van der Waals surface area contributed by atoms with Gasteiger partial charge < -0.3 is 15.2 Å². The number of aromatic hydroxyl groups is 1. The maximum Gasteiger partial charge on any atom is 0.573 e. The standard InChI is InChI=1S/C14H12F3NO2/c15-14(16,17)20-13-7-1-10(2-8-13)9-18-11-3-5-12(19)6-4-11/h1-8,18-19H,9H2. The van der Waals surface area contributed by atoms with Crippen LogP contribution in [0.2, 0.25) is 0 Å². The molecule has 106 valence electrons. The van der Waals surface area contributed by atoms with Crippen LogP contribution < -0.4 is 10.1 Å². The third kappa shape index (κ3) is 4.38. The first-order chi connectivity index (χ1) is 9.42. The van der Waals surface area contributed by atoms with E-state index >= 15 is 0 Å². The van der Waals surface area contributed by atoms with Gasteiger partial charge in [0.2, 0.25) is 0 Å². The number of phenolic OH excluding ortho intramolecular Hbond substituents is 1. The number of ether oxygens (including phenoxy) is 1. The molecule has 0 saturated carbocycles. The summed E-state index contributed by atoms with van der Waals surface area (Å²) in [7, 11) is 0. The molecule has 0 unspecified atom stereocenters. The topological polar surface area (TPSA) is 41.5 Å². The fraction of sp³-hybridized carbons (Fsp3) is 0.143. The molecule has 0 bridgehead atoms. The summed E-state index contributed by atoms with van der Waals surface area (Å²) in [5.41, 5.74) is 1.62. The average molecular weight is 283 g/mol. The highest BCUT2D eigenvalue weighted by atomic mass is 19.4. The van der Waals surface area contributed by atoms with Gasteiger partial charge in [-0.2, -0.15) is 0 Å². The van der Waals surface area contributed by atoms with Crippen LogP contribution in [0.15, 0.2) is 48.5 Å². The Labute approximate surface area is 113 Å². The summed E-state index contributed by atoms with van der Waals surface area (Å²) in [6.45, 7) is 0.455. The highest BCUT2D eigenvalue weighted by Gasteiger charge is 2.30. The van der Waals surface area contributed by atoms with Gasteiger partial charge in [0, 0.05) is 12.2 Å². The van der Waals surface area contributed by atoms with E-state index in [0.29, 0.717) is 6.54 Å². The van der Waals surface area contributed by atoms with Crippen molar-refractivity contribution >= 4 is 5.69 Å². The lowest BCUT2D eigenvalue weighted by molar-refractivity contribution is -0.274. The van der Waals surface area contributed by atoms with Crippen molar-refractivity contribution in [3.63, 3.8) is 0 Å². The summed E-state index contributed by atoms with van der Waals surface area (Å²) < 4.78 is 39.8. The number of alkyl halides is 3. The Kier molecular flexibility index (Phi) is 4.02. The van der Waals surface area contributed by atoms with Crippen LogP contribution in [0, 0.1) is 0 Å². The Hall–Kier alpha value is -2.37. The number of rotatable bonds is 4. The molecule has 3 nitrogen and oxygen atoms in total. The molecular formula is C14H12F3NO2. The first-order valence-electron chi connectivity index (χ1n) is 5.80. The van der Waals surface area contributed by atoms with E-state index in [9.17, 15) is 13.2 Å². The van der Waals surface area contributed by atoms with Crippen LogP contribution in [0.25, 0.3) is 0 Å². The molecule has 0 radical (unpaired) electrons. The SMILES string of the molecule is Oc1ccc(NCc2ccc(OC(F)(F)F)cc2)cc1. The van der Waals surface area contributed by atoms with Crippen LogP contribution in [0.5, 0.6) is 11.5 Å². The van der Waals surface area contributed by atoms with E-state index in [1.54, 1.807) is 36.4 Å². The van der Waals surface area contributed by atoms with Gasteiger partial charge in [0.05, 0.1) is 0 Å². The van der Waals surface area contributed by atoms with Crippen LogP contribution in [0.1, 0.15) is 5.56 Å². The second-order valence-corrected chi connectivity index (χ2v) is 4.09. The molecule has 6 heteroatoms. The molecule has 0 aliphatic carbocycles.